The zero-order valence-corrected chi connectivity index (χ0v) is 21.4. The normalized spacial score (nSPS) is 25.1. The van der Waals surface area contributed by atoms with Crippen LogP contribution in [0.15, 0.2) is 84.0 Å². The van der Waals surface area contributed by atoms with E-state index in [1.165, 1.54) is 97.6 Å². The standard InChI is InChI=1S/C35H40/c1-2-5-25-10-12-26(13-11-25)22-27-14-16-28(17-15-27)23-31-20-21-34(35-9-4-8-33(31)35)32-19-18-29-6-3-7-30(29)24-32/h4,8-9,14-21,24-26,35H,2-3,5-7,10-13,22-23H2,1H3. The fraction of sp³-hybridized carbons (Fsp3) is 0.429. The minimum Gasteiger partial charge on any atom is -0.0726 e. The molecule has 1 unspecified atom stereocenters. The van der Waals surface area contributed by atoms with Gasteiger partial charge in [-0.1, -0.05) is 105 Å². The van der Waals surface area contributed by atoms with E-state index in [1.807, 2.05) is 0 Å². The van der Waals surface area contributed by atoms with Gasteiger partial charge in [0.15, 0.2) is 0 Å². The Bertz CT molecular complexity index is 1180. The lowest BCUT2D eigenvalue weighted by Crippen LogP contribution is -2.16. The molecule has 180 valence electrons. The van der Waals surface area contributed by atoms with Gasteiger partial charge in [-0.25, -0.2) is 0 Å². The van der Waals surface area contributed by atoms with Crippen LogP contribution in [0.2, 0.25) is 0 Å². The van der Waals surface area contributed by atoms with Crippen LogP contribution in [0.25, 0.3) is 5.57 Å². The van der Waals surface area contributed by atoms with Crippen molar-refractivity contribution in [2.45, 2.75) is 77.6 Å². The third-order valence-electron chi connectivity index (χ3n) is 9.12. The van der Waals surface area contributed by atoms with Crippen LogP contribution in [0.3, 0.4) is 0 Å². The molecule has 1 saturated carbocycles. The number of hydrogen-bond donors (Lipinski definition) is 0. The Hall–Kier alpha value is -2.60. The molecule has 0 spiro atoms. The van der Waals surface area contributed by atoms with Crippen molar-refractivity contribution in [2.75, 3.05) is 0 Å². The Morgan fingerprint density at radius 1 is 0.743 bits per heavy atom. The summed E-state index contributed by atoms with van der Waals surface area (Å²) in [5.74, 6) is 2.31. The number of aryl methyl sites for hydroxylation is 2. The largest absolute Gasteiger partial charge is 0.0726 e. The number of fused-ring (bicyclic) bond motifs is 2. The van der Waals surface area contributed by atoms with Crippen LogP contribution in [0.4, 0.5) is 0 Å². The molecule has 0 heterocycles. The van der Waals surface area contributed by atoms with Crippen LogP contribution in [0, 0.1) is 17.8 Å². The highest BCUT2D eigenvalue weighted by molar-refractivity contribution is 5.79. The summed E-state index contributed by atoms with van der Waals surface area (Å²) in [5.41, 5.74) is 12.0. The molecule has 2 aromatic carbocycles. The molecule has 0 aliphatic heterocycles. The highest BCUT2D eigenvalue weighted by atomic mass is 14.3. The quantitative estimate of drug-likeness (QED) is 0.387. The smallest absolute Gasteiger partial charge is 0.0281 e. The van der Waals surface area contributed by atoms with Crippen molar-refractivity contribution in [3.63, 3.8) is 0 Å². The summed E-state index contributed by atoms with van der Waals surface area (Å²) in [5, 5.41) is 0. The lowest BCUT2D eigenvalue weighted by molar-refractivity contribution is 0.261. The number of allylic oxidation sites excluding steroid dienone is 8. The van der Waals surface area contributed by atoms with Crippen LogP contribution >= 0.6 is 0 Å². The first kappa shape index (κ1) is 22.8. The second-order valence-corrected chi connectivity index (χ2v) is 11.5. The van der Waals surface area contributed by atoms with Gasteiger partial charge in [0, 0.05) is 5.92 Å². The summed E-state index contributed by atoms with van der Waals surface area (Å²) < 4.78 is 0. The van der Waals surface area contributed by atoms with Crippen molar-refractivity contribution >= 4 is 5.57 Å². The predicted molar refractivity (Wildman–Crippen MR) is 149 cm³/mol. The van der Waals surface area contributed by atoms with Gasteiger partial charge < -0.3 is 0 Å². The van der Waals surface area contributed by atoms with E-state index in [0.29, 0.717) is 5.92 Å². The topological polar surface area (TPSA) is 0 Å². The van der Waals surface area contributed by atoms with Crippen LogP contribution in [-0.4, -0.2) is 0 Å². The van der Waals surface area contributed by atoms with Gasteiger partial charge in [0.25, 0.3) is 0 Å². The average molecular weight is 461 g/mol. The van der Waals surface area contributed by atoms with E-state index >= 15 is 0 Å². The highest BCUT2D eigenvalue weighted by Crippen LogP contribution is 2.42. The molecular formula is C35H40. The molecule has 1 atom stereocenters. The minimum atomic E-state index is 0.413. The second kappa shape index (κ2) is 10.2. The van der Waals surface area contributed by atoms with E-state index in [4.69, 9.17) is 0 Å². The van der Waals surface area contributed by atoms with E-state index in [2.05, 4.69) is 79.8 Å². The number of benzene rings is 2. The highest BCUT2D eigenvalue weighted by Gasteiger charge is 2.27. The van der Waals surface area contributed by atoms with E-state index in [-0.39, 0.29) is 0 Å². The molecule has 0 aromatic heterocycles. The fourth-order valence-corrected chi connectivity index (χ4v) is 7.11. The van der Waals surface area contributed by atoms with Gasteiger partial charge in [0.1, 0.15) is 0 Å². The monoisotopic (exact) mass is 460 g/mol. The molecule has 0 bridgehead atoms. The molecule has 0 nitrogen and oxygen atoms in total. The van der Waals surface area contributed by atoms with Crippen LogP contribution in [0.5, 0.6) is 0 Å². The Balaban J connectivity index is 1.13. The average Bonchev–Trinajstić information content (AvgIpc) is 3.56. The molecule has 0 heteroatoms. The van der Waals surface area contributed by atoms with E-state index in [9.17, 15) is 0 Å². The summed E-state index contributed by atoms with van der Waals surface area (Å²) >= 11 is 0. The SMILES string of the molecule is CCCC1CCC(Cc2ccc(CC3=CC=C(c4ccc5c(c4)CCC5)C4C=CC=C34)cc2)CC1. The van der Waals surface area contributed by atoms with Gasteiger partial charge in [-0.2, -0.15) is 0 Å². The lowest BCUT2D eigenvalue weighted by Gasteiger charge is -2.28. The van der Waals surface area contributed by atoms with Crippen molar-refractivity contribution in [1.82, 2.24) is 0 Å². The zero-order valence-electron chi connectivity index (χ0n) is 21.4. The maximum Gasteiger partial charge on any atom is 0.0281 e. The van der Waals surface area contributed by atoms with Crippen LogP contribution in [-0.2, 0) is 25.7 Å². The molecule has 0 radical (unpaired) electrons. The third kappa shape index (κ3) is 4.90. The number of hydrogen-bond acceptors (Lipinski definition) is 0. The maximum atomic E-state index is 2.46. The summed E-state index contributed by atoms with van der Waals surface area (Å²) in [6.07, 6.45) is 26.5. The zero-order chi connectivity index (χ0) is 23.6. The van der Waals surface area contributed by atoms with E-state index < -0.39 is 0 Å². The van der Waals surface area contributed by atoms with Gasteiger partial charge in [0.2, 0.25) is 0 Å². The van der Waals surface area contributed by atoms with Crippen molar-refractivity contribution in [1.29, 1.82) is 0 Å². The molecule has 0 saturated heterocycles. The Labute approximate surface area is 212 Å². The lowest BCUT2D eigenvalue weighted by atomic mass is 9.77. The molecule has 4 aliphatic carbocycles. The molecule has 0 N–H and O–H groups in total. The molecule has 0 amide bonds. The van der Waals surface area contributed by atoms with Gasteiger partial charge in [-0.3, -0.25) is 0 Å². The summed E-state index contributed by atoms with van der Waals surface area (Å²) in [4.78, 5) is 0. The van der Waals surface area contributed by atoms with Gasteiger partial charge in [-0.05, 0) is 101 Å². The molecule has 2 aromatic rings. The van der Waals surface area contributed by atoms with Gasteiger partial charge in [0.05, 0.1) is 0 Å². The third-order valence-corrected chi connectivity index (χ3v) is 9.12. The molecule has 1 fully saturated rings. The van der Waals surface area contributed by atoms with E-state index in [1.54, 1.807) is 11.1 Å². The first-order valence-corrected chi connectivity index (χ1v) is 14.3. The van der Waals surface area contributed by atoms with Gasteiger partial charge >= 0.3 is 0 Å². The number of rotatable bonds is 7. The summed E-state index contributed by atoms with van der Waals surface area (Å²) in [6, 6.07) is 16.8. The fourth-order valence-electron chi connectivity index (χ4n) is 7.11. The Morgan fingerprint density at radius 3 is 2.34 bits per heavy atom. The van der Waals surface area contributed by atoms with Crippen LogP contribution in [0.1, 0.15) is 79.7 Å². The van der Waals surface area contributed by atoms with E-state index in [0.717, 1.165) is 18.3 Å². The molecular weight excluding hydrogens is 420 g/mol. The maximum absolute atomic E-state index is 2.46. The molecule has 35 heavy (non-hydrogen) atoms. The van der Waals surface area contributed by atoms with Crippen molar-refractivity contribution in [3.05, 3.63) is 112 Å². The second-order valence-electron chi connectivity index (χ2n) is 11.5. The minimum absolute atomic E-state index is 0.413. The van der Waals surface area contributed by atoms with Gasteiger partial charge in [-0.15, -0.1) is 0 Å². The first-order chi connectivity index (χ1) is 17.3. The summed E-state index contributed by atoms with van der Waals surface area (Å²) in [7, 11) is 0. The predicted octanol–water partition coefficient (Wildman–Crippen LogP) is 9.00. The van der Waals surface area contributed by atoms with Crippen LogP contribution < -0.4 is 0 Å². The Morgan fingerprint density at radius 2 is 1.51 bits per heavy atom. The van der Waals surface area contributed by atoms with Crippen molar-refractivity contribution in [3.8, 4) is 0 Å². The first-order valence-electron chi connectivity index (χ1n) is 14.3. The summed E-state index contributed by atoms with van der Waals surface area (Å²) in [6.45, 7) is 2.33. The molecule has 4 aliphatic rings. The van der Waals surface area contributed by atoms with Crippen molar-refractivity contribution < 1.29 is 0 Å². The Kier molecular flexibility index (Phi) is 6.64. The van der Waals surface area contributed by atoms with Crippen molar-refractivity contribution in [2.24, 2.45) is 17.8 Å². The molecule has 6 rings (SSSR count).